The third-order valence-electron chi connectivity index (χ3n) is 1.70. The first-order valence-corrected chi connectivity index (χ1v) is 5.84. The molecule has 1 N–H and O–H groups in total. The number of nitrogens with zero attached hydrogens (tertiary/aromatic N) is 2. The Morgan fingerprint density at radius 2 is 2.38 bits per heavy atom. The highest BCUT2D eigenvalue weighted by Crippen LogP contribution is 2.20. The highest BCUT2D eigenvalue weighted by Gasteiger charge is 2.20. The molecule has 1 rings (SSSR count). The van der Waals surface area contributed by atoms with Crippen LogP contribution in [0.1, 0.15) is 19.4 Å². The number of aromatic nitrogens is 2. The van der Waals surface area contributed by atoms with Crippen LogP contribution < -0.4 is 0 Å². The van der Waals surface area contributed by atoms with Crippen molar-refractivity contribution in [3.63, 3.8) is 0 Å². The Balaban J connectivity index is 3.05. The Bertz CT molecular complexity index is 324. The molecule has 0 aliphatic carbocycles. The minimum Gasteiger partial charge on any atom is -0.480 e. The second kappa shape index (κ2) is 4.58. The molecule has 1 aromatic heterocycles. The van der Waals surface area contributed by atoms with Gasteiger partial charge in [0.25, 0.3) is 0 Å². The lowest BCUT2D eigenvalue weighted by atomic mass is 10.2. The number of aliphatic carboxylic acids is 1. The zero-order valence-electron chi connectivity index (χ0n) is 6.87. The summed E-state index contributed by atoms with van der Waals surface area (Å²) in [7, 11) is 0. The average molecular weight is 406 g/mol. The van der Waals surface area contributed by atoms with E-state index in [9.17, 15) is 4.79 Å². The van der Waals surface area contributed by atoms with E-state index >= 15 is 0 Å². The van der Waals surface area contributed by atoms with Crippen LogP contribution in [0.5, 0.6) is 0 Å². The maximum absolute atomic E-state index is 10.8. The molecule has 0 amide bonds. The molecular formula is C7H8I2N2O2. The fourth-order valence-corrected chi connectivity index (χ4v) is 2.03. The highest BCUT2D eigenvalue weighted by molar-refractivity contribution is 14.1. The zero-order chi connectivity index (χ0) is 10.0. The van der Waals surface area contributed by atoms with Crippen LogP contribution in [0.3, 0.4) is 0 Å². The van der Waals surface area contributed by atoms with Gasteiger partial charge in [0.15, 0.2) is 0 Å². The maximum atomic E-state index is 10.8. The number of hydrogen-bond acceptors (Lipinski definition) is 2. The summed E-state index contributed by atoms with van der Waals surface area (Å²) in [6, 6.07) is -0.497. The number of carboxylic acid groups (broad SMARTS) is 1. The topological polar surface area (TPSA) is 55.1 Å². The van der Waals surface area contributed by atoms with Gasteiger partial charge in [0, 0.05) is 0 Å². The molecule has 0 bridgehead atoms. The van der Waals surface area contributed by atoms with Crippen molar-refractivity contribution in [2.75, 3.05) is 0 Å². The van der Waals surface area contributed by atoms with E-state index in [1.165, 1.54) is 0 Å². The molecule has 0 fully saturated rings. The monoisotopic (exact) mass is 406 g/mol. The van der Waals surface area contributed by atoms with Crippen molar-refractivity contribution in [1.82, 2.24) is 9.55 Å². The molecule has 72 valence electrons. The van der Waals surface area contributed by atoms with Crippen LogP contribution >= 0.6 is 45.2 Å². The van der Waals surface area contributed by atoms with E-state index in [1.807, 2.05) is 6.92 Å². The van der Waals surface area contributed by atoms with Gasteiger partial charge in [-0.2, -0.15) is 0 Å². The summed E-state index contributed by atoms with van der Waals surface area (Å²) in [5.41, 5.74) is 0. The predicted molar refractivity (Wildman–Crippen MR) is 64.6 cm³/mol. The molecule has 0 spiro atoms. The van der Waals surface area contributed by atoms with E-state index in [4.69, 9.17) is 5.11 Å². The molecule has 4 nitrogen and oxygen atoms in total. The van der Waals surface area contributed by atoms with Crippen molar-refractivity contribution in [1.29, 1.82) is 0 Å². The first-order chi connectivity index (χ1) is 6.07. The van der Waals surface area contributed by atoms with Crippen LogP contribution in [0.25, 0.3) is 0 Å². The van der Waals surface area contributed by atoms with Gasteiger partial charge in [0.2, 0.25) is 0 Å². The second-order valence-corrected chi connectivity index (χ2v) is 4.54. The predicted octanol–water partition coefficient (Wildman–Crippen LogP) is 2.13. The van der Waals surface area contributed by atoms with Crippen molar-refractivity contribution in [3.8, 4) is 0 Å². The molecule has 1 heterocycles. The summed E-state index contributed by atoms with van der Waals surface area (Å²) in [5, 5.41) is 8.91. The molecule has 0 aliphatic rings. The molecule has 1 unspecified atom stereocenters. The van der Waals surface area contributed by atoms with E-state index in [0.717, 1.165) is 7.40 Å². The van der Waals surface area contributed by atoms with Gasteiger partial charge in [0.05, 0.1) is 6.33 Å². The first kappa shape index (κ1) is 11.2. The van der Waals surface area contributed by atoms with E-state index in [0.29, 0.717) is 6.42 Å². The van der Waals surface area contributed by atoms with Crippen molar-refractivity contribution < 1.29 is 9.90 Å². The Morgan fingerprint density at radius 3 is 2.69 bits per heavy atom. The van der Waals surface area contributed by atoms with Gasteiger partial charge in [-0.3, -0.25) is 0 Å². The Morgan fingerprint density at radius 1 is 1.77 bits per heavy atom. The van der Waals surface area contributed by atoms with Crippen molar-refractivity contribution in [2.24, 2.45) is 0 Å². The van der Waals surface area contributed by atoms with Crippen LogP contribution in [0.2, 0.25) is 0 Å². The summed E-state index contributed by atoms with van der Waals surface area (Å²) in [6.07, 6.45) is 2.14. The molecule has 0 saturated heterocycles. The third kappa shape index (κ3) is 2.33. The number of rotatable bonds is 3. The average Bonchev–Trinajstić information content (AvgIpc) is 2.37. The van der Waals surface area contributed by atoms with Gasteiger partial charge in [-0.25, -0.2) is 9.78 Å². The fourth-order valence-electron chi connectivity index (χ4n) is 1.03. The van der Waals surface area contributed by atoms with Gasteiger partial charge in [-0.1, -0.05) is 6.92 Å². The molecule has 0 aromatic carbocycles. The minimum absolute atomic E-state index is 0.497. The maximum Gasteiger partial charge on any atom is 0.326 e. The fraction of sp³-hybridized carbons (Fsp3) is 0.429. The third-order valence-corrected chi connectivity index (χ3v) is 4.59. The molecule has 1 aromatic rings. The number of imidazole rings is 1. The number of carbonyl (C=O) groups is 1. The number of carboxylic acids is 1. The summed E-state index contributed by atoms with van der Waals surface area (Å²) in [4.78, 5) is 14.9. The lowest BCUT2D eigenvalue weighted by Gasteiger charge is -2.11. The second-order valence-electron chi connectivity index (χ2n) is 2.50. The van der Waals surface area contributed by atoms with Crippen LogP contribution in [0.15, 0.2) is 6.33 Å². The van der Waals surface area contributed by atoms with Crippen LogP contribution in [-0.2, 0) is 4.79 Å². The van der Waals surface area contributed by atoms with Gasteiger partial charge < -0.3 is 9.67 Å². The zero-order valence-corrected chi connectivity index (χ0v) is 11.2. The first-order valence-electron chi connectivity index (χ1n) is 3.68. The van der Waals surface area contributed by atoms with Crippen molar-refractivity contribution in [3.05, 3.63) is 13.7 Å². The van der Waals surface area contributed by atoms with E-state index in [1.54, 1.807) is 10.9 Å². The molecule has 1 atom stereocenters. The van der Waals surface area contributed by atoms with E-state index in [-0.39, 0.29) is 0 Å². The summed E-state index contributed by atoms with van der Waals surface area (Å²) in [6.45, 7) is 1.85. The highest BCUT2D eigenvalue weighted by atomic mass is 127. The normalized spacial score (nSPS) is 12.8. The Labute approximate surface area is 103 Å². The Hall–Kier alpha value is 0.140. The molecular weight excluding hydrogens is 398 g/mol. The van der Waals surface area contributed by atoms with Crippen LogP contribution in [0, 0.1) is 7.40 Å². The van der Waals surface area contributed by atoms with Crippen molar-refractivity contribution >= 4 is 51.2 Å². The number of hydrogen-bond donors (Lipinski definition) is 1. The lowest BCUT2D eigenvalue weighted by Crippen LogP contribution is -2.18. The molecule has 0 saturated carbocycles. The minimum atomic E-state index is -0.811. The number of halogens is 2. The summed E-state index contributed by atoms with van der Waals surface area (Å²) < 4.78 is 3.41. The van der Waals surface area contributed by atoms with Crippen molar-refractivity contribution in [2.45, 2.75) is 19.4 Å². The SMILES string of the molecule is CCC(C(=O)O)n1cnc(I)c1I. The Kier molecular flexibility index (Phi) is 3.95. The van der Waals surface area contributed by atoms with E-state index in [2.05, 4.69) is 50.2 Å². The summed E-state index contributed by atoms with van der Waals surface area (Å²) in [5.74, 6) is -0.811. The largest absolute Gasteiger partial charge is 0.480 e. The van der Waals surface area contributed by atoms with Gasteiger partial charge in [0.1, 0.15) is 13.4 Å². The van der Waals surface area contributed by atoms with Gasteiger partial charge in [-0.15, -0.1) is 0 Å². The summed E-state index contributed by atoms with van der Waals surface area (Å²) >= 11 is 4.19. The van der Waals surface area contributed by atoms with E-state index < -0.39 is 12.0 Å². The van der Waals surface area contributed by atoms with Gasteiger partial charge in [-0.05, 0) is 51.6 Å². The van der Waals surface area contributed by atoms with Crippen LogP contribution in [-0.4, -0.2) is 20.6 Å². The molecule has 0 aliphatic heterocycles. The molecule has 0 radical (unpaired) electrons. The smallest absolute Gasteiger partial charge is 0.326 e. The molecule has 6 heteroatoms. The van der Waals surface area contributed by atoms with Gasteiger partial charge >= 0.3 is 5.97 Å². The molecule has 13 heavy (non-hydrogen) atoms. The van der Waals surface area contributed by atoms with Crippen LogP contribution in [0.4, 0.5) is 0 Å². The quantitative estimate of drug-likeness (QED) is 0.784. The standard InChI is InChI=1S/C7H8I2N2O2/c1-2-4(7(12)13)11-3-10-5(8)6(11)9/h3-4H,2H2,1H3,(H,12,13). The lowest BCUT2D eigenvalue weighted by molar-refractivity contribution is -0.141.